The van der Waals surface area contributed by atoms with Gasteiger partial charge in [-0.2, -0.15) is 10.2 Å². The molecule has 3 heterocycles. The molecule has 6 heteroatoms. The van der Waals surface area contributed by atoms with Gasteiger partial charge in [-0.3, -0.25) is 14.9 Å². The molecule has 0 aliphatic heterocycles. The maximum absolute atomic E-state index is 13.4. The molecule has 0 bridgehead atoms. The summed E-state index contributed by atoms with van der Waals surface area (Å²) in [4.78, 5) is 18.1. The van der Waals surface area contributed by atoms with Crippen molar-refractivity contribution in [1.29, 1.82) is 0 Å². The first-order valence-electron chi connectivity index (χ1n) is 9.97. The van der Waals surface area contributed by atoms with Gasteiger partial charge in [0.1, 0.15) is 0 Å². The van der Waals surface area contributed by atoms with Crippen LogP contribution < -0.4 is 5.56 Å². The van der Waals surface area contributed by atoms with Gasteiger partial charge in [0.25, 0.3) is 5.56 Å². The quantitative estimate of drug-likeness (QED) is 0.495. The van der Waals surface area contributed by atoms with Gasteiger partial charge in [0.05, 0.1) is 29.3 Å². The molecule has 0 fully saturated rings. The fourth-order valence-corrected chi connectivity index (χ4v) is 4.01. The minimum Gasteiger partial charge on any atom is -0.282 e. The number of aryl methyl sites for hydroxylation is 4. The lowest BCUT2D eigenvalue weighted by Crippen LogP contribution is -2.24. The van der Waals surface area contributed by atoms with Crippen LogP contribution in [0.2, 0.25) is 0 Å². The molecule has 0 aliphatic rings. The summed E-state index contributed by atoms with van der Waals surface area (Å²) in [7, 11) is 0. The van der Waals surface area contributed by atoms with Crippen molar-refractivity contribution in [2.24, 2.45) is 0 Å². The molecule has 0 aliphatic carbocycles. The summed E-state index contributed by atoms with van der Waals surface area (Å²) in [5, 5.41) is 14.3. The van der Waals surface area contributed by atoms with Crippen molar-refractivity contribution in [3.8, 4) is 11.1 Å². The summed E-state index contributed by atoms with van der Waals surface area (Å²) in [6.45, 7) is 4.39. The number of hydrogen-bond donors (Lipinski definition) is 1. The van der Waals surface area contributed by atoms with E-state index in [9.17, 15) is 4.79 Å². The lowest BCUT2D eigenvalue weighted by atomic mass is 9.98. The lowest BCUT2D eigenvalue weighted by molar-refractivity contribution is 0.580. The van der Waals surface area contributed by atoms with Crippen LogP contribution in [0.4, 0.5) is 0 Å². The van der Waals surface area contributed by atoms with Crippen LogP contribution in [-0.4, -0.2) is 25.0 Å². The zero-order valence-corrected chi connectivity index (χ0v) is 16.9. The molecular formula is C24H21N5O. The molecule has 0 saturated heterocycles. The van der Waals surface area contributed by atoms with Crippen LogP contribution in [0.5, 0.6) is 0 Å². The highest BCUT2D eigenvalue weighted by Crippen LogP contribution is 2.30. The Morgan fingerprint density at radius 3 is 2.63 bits per heavy atom. The molecule has 0 unspecified atom stereocenters. The lowest BCUT2D eigenvalue weighted by Gasteiger charge is -2.10. The van der Waals surface area contributed by atoms with Gasteiger partial charge in [0.15, 0.2) is 0 Å². The molecule has 0 spiro atoms. The van der Waals surface area contributed by atoms with Gasteiger partial charge >= 0.3 is 0 Å². The number of benzene rings is 2. The highest BCUT2D eigenvalue weighted by molar-refractivity contribution is 5.96. The van der Waals surface area contributed by atoms with E-state index in [0.29, 0.717) is 18.4 Å². The van der Waals surface area contributed by atoms with Crippen molar-refractivity contribution >= 4 is 21.7 Å². The Hall–Kier alpha value is -3.80. The number of nitrogens with one attached hydrogen (secondary N) is 1. The SMILES string of the molecule is Cc1n[nH]c(C)c1-c1cccc2cnn(CCc3ccc4ccccc4n3)c(=O)c12. The Balaban J connectivity index is 1.54. The highest BCUT2D eigenvalue weighted by atomic mass is 16.1. The first kappa shape index (κ1) is 18.2. The van der Waals surface area contributed by atoms with E-state index in [4.69, 9.17) is 4.98 Å². The zero-order valence-electron chi connectivity index (χ0n) is 16.9. The first-order chi connectivity index (χ1) is 14.6. The van der Waals surface area contributed by atoms with Gasteiger partial charge < -0.3 is 0 Å². The van der Waals surface area contributed by atoms with Gasteiger partial charge in [-0.15, -0.1) is 0 Å². The molecule has 148 valence electrons. The third kappa shape index (κ3) is 3.06. The van der Waals surface area contributed by atoms with Crippen LogP contribution in [-0.2, 0) is 13.0 Å². The van der Waals surface area contributed by atoms with Gasteiger partial charge in [-0.1, -0.05) is 42.5 Å². The number of H-pyrrole nitrogens is 1. The Bertz CT molecular complexity index is 1430. The van der Waals surface area contributed by atoms with Crippen LogP contribution in [0.25, 0.3) is 32.8 Å². The average molecular weight is 395 g/mol. The minimum atomic E-state index is -0.0936. The van der Waals surface area contributed by atoms with Crippen LogP contribution in [0.1, 0.15) is 17.1 Å². The van der Waals surface area contributed by atoms with E-state index in [1.807, 2.05) is 62.4 Å². The Morgan fingerprint density at radius 1 is 0.967 bits per heavy atom. The summed E-state index contributed by atoms with van der Waals surface area (Å²) in [5.74, 6) is 0. The normalized spacial score (nSPS) is 11.4. The van der Waals surface area contributed by atoms with E-state index in [-0.39, 0.29) is 5.56 Å². The standard InChI is InChI=1S/C24H21N5O/c1-15-22(16(2)28-27-15)20-8-5-7-18-14-25-29(24(30)23(18)20)13-12-19-11-10-17-6-3-4-9-21(17)26-19/h3-11,14H,12-13H2,1-2H3,(H,27,28). The molecule has 0 atom stereocenters. The van der Waals surface area contributed by atoms with Crippen LogP contribution in [0.3, 0.4) is 0 Å². The van der Waals surface area contributed by atoms with E-state index in [1.54, 1.807) is 6.20 Å². The number of aromatic nitrogens is 5. The number of fused-ring (bicyclic) bond motifs is 2. The second-order valence-electron chi connectivity index (χ2n) is 7.50. The van der Waals surface area contributed by atoms with Crippen molar-refractivity contribution in [1.82, 2.24) is 25.0 Å². The van der Waals surface area contributed by atoms with Gasteiger partial charge in [0.2, 0.25) is 0 Å². The summed E-state index contributed by atoms with van der Waals surface area (Å²) < 4.78 is 1.54. The molecule has 1 N–H and O–H groups in total. The number of aromatic amines is 1. The summed E-state index contributed by atoms with van der Waals surface area (Å²) >= 11 is 0. The third-order valence-corrected chi connectivity index (χ3v) is 5.51. The van der Waals surface area contributed by atoms with E-state index in [2.05, 4.69) is 21.4 Å². The van der Waals surface area contributed by atoms with Gasteiger partial charge in [0, 0.05) is 34.1 Å². The van der Waals surface area contributed by atoms with Crippen LogP contribution in [0.15, 0.2) is 65.6 Å². The summed E-state index contributed by atoms with van der Waals surface area (Å²) in [5.41, 5.74) is 5.50. The molecule has 5 aromatic rings. The molecule has 3 aromatic heterocycles. The molecular weight excluding hydrogens is 374 g/mol. The fraction of sp³-hybridized carbons (Fsp3) is 0.167. The molecule has 6 nitrogen and oxygen atoms in total. The summed E-state index contributed by atoms with van der Waals surface area (Å²) in [6.07, 6.45) is 2.40. The van der Waals surface area contributed by atoms with Crippen molar-refractivity contribution < 1.29 is 0 Å². The molecule has 30 heavy (non-hydrogen) atoms. The zero-order chi connectivity index (χ0) is 20.7. The van der Waals surface area contributed by atoms with E-state index in [1.165, 1.54) is 4.68 Å². The first-order valence-corrected chi connectivity index (χ1v) is 9.97. The second-order valence-corrected chi connectivity index (χ2v) is 7.50. The maximum Gasteiger partial charge on any atom is 0.275 e. The molecule has 2 aromatic carbocycles. The minimum absolute atomic E-state index is 0.0936. The molecule has 0 amide bonds. The van der Waals surface area contributed by atoms with Crippen molar-refractivity contribution in [2.45, 2.75) is 26.8 Å². The summed E-state index contributed by atoms with van der Waals surface area (Å²) in [6, 6.07) is 18.0. The largest absolute Gasteiger partial charge is 0.282 e. The molecule has 0 saturated carbocycles. The number of para-hydroxylation sites is 1. The predicted octanol–water partition coefficient (Wildman–Crippen LogP) is 4.19. The Kier molecular flexibility index (Phi) is 4.39. The number of nitrogens with zero attached hydrogens (tertiary/aromatic N) is 4. The van der Waals surface area contributed by atoms with E-state index >= 15 is 0 Å². The smallest absolute Gasteiger partial charge is 0.275 e. The monoisotopic (exact) mass is 395 g/mol. The van der Waals surface area contributed by atoms with Gasteiger partial charge in [-0.05, 0) is 31.5 Å². The van der Waals surface area contributed by atoms with Crippen molar-refractivity contribution in [3.05, 3.63) is 88.2 Å². The molecule has 5 rings (SSSR count). The maximum atomic E-state index is 13.4. The predicted molar refractivity (Wildman–Crippen MR) is 119 cm³/mol. The fourth-order valence-electron chi connectivity index (χ4n) is 4.01. The average Bonchev–Trinajstić information content (AvgIpc) is 3.10. The Labute approximate surface area is 173 Å². The van der Waals surface area contributed by atoms with Crippen molar-refractivity contribution in [3.63, 3.8) is 0 Å². The van der Waals surface area contributed by atoms with Crippen LogP contribution in [0, 0.1) is 13.8 Å². The second kappa shape index (κ2) is 7.22. The van der Waals surface area contributed by atoms with E-state index < -0.39 is 0 Å². The van der Waals surface area contributed by atoms with E-state index in [0.717, 1.165) is 44.5 Å². The third-order valence-electron chi connectivity index (χ3n) is 5.51. The number of pyridine rings is 1. The Morgan fingerprint density at radius 2 is 1.80 bits per heavy atom. The number of hydrogen-bond acceptors (Lipinski definition) is 4. The van der Waals surface area contributed by atoms with Crippen molar-refractivity contribution in [2.75, 3.05) is 0 Å². The van der Waals surface area contributed by atoms with Gasteiger partial charge in [-0.25, -0.2) is 4.68 Å². The number of rotatable bonds is 4. The van der Waals surface area contributed by atoms with Crippen LogP contribution >= 0.6 is 0 Å². The highest BCUT2D eigenvalue weighted by Gasteiger charge is 2.16. The topological polar surface area (TPSA) is 76.5 Å². The molecule has 0 radical (unpaired) electrons.